The summed E-state index contributed by atoms with van der Waals surface area (Å²) in [6, 6.07) is 0. The highest BCUT2D eigenvalue weighted by molar-refractivity contribution is 5.84. The molecule has 0 aromatic rings. The van der Waals surface area contributed by atoms with Gasteiger partial charge in [0.05, 0.1) is 5.41 Å². The molecule has 20 heavy (non-hydrogen) atoms. The molecule has 1 aliphatic heterocycles. The summed E-state index contributed by atoms with van der Waals surface area (Å²) >= 11 is 0. The van der Waals surface area contributed by atoms with Crippen LogP contribution in [0.3, 0.4) is 0 Å². The molecule has 2 amide bonds. The van der Waals surface area contributed by atoms with Crippen LogP contribution in [0, 0.1) is 11.3 Å². The van der Waals surface area contributed by atoms with Crippen LogP contribution < -0.4 is 5.73 Å². The van der Waals surface area contributed by atoms with Crippen molar-refractivity contribution in [1.82, 2.24) is 9.80 Å². The van der Waals surface area contributed by atoms with Gasteiger partial charge in [0.2, 0.25) is 11.8 Å². The molecule has 0 bridgehead atoms. The lowest BCUT2D eigenvalue weighted by atomic mass is 9.80. The first-order valence-electron chi connectivity index (χ1n) is 7.62. The number of rotatable bonds is 5. The van der Waals surface area contributed by atoms with Gasteiger partial charge >= 0.3 is 0 Å². The Bertz CT molecular complexity index is 335. The zero-order chi connectivity index (χ0) is 15.3. The van der Waals surface area contributed by atoms with Crippen LogP contribution in [-0.2, 0) is 9.59 Å². The third kappa shape index (κ3) is 3.32. The molecule has 116 valence electrons. The molecule has 0 spiro atoms. The van der Waals surface area contributed by atoms with Gasteiger partial charge in [-0.1, -0.05) is 13.8 Å². The van der Waals surface area contributed by atoms with E-state index in [0.29, 0.717) is 19.6 Å². The fraction of sp³-hybridized carbons (Fsp3) is 0.867. The van der Waals surface area contributed by atoms with Crippen molar-refractivity contribution in [2.24, 2.45) is 17.1 Å². The summed E-state index contributed by atoms with van der Waals surface area (Å²) in [6.07, 6.45) is 3.07. The van der Waals surface area contributed by atoms with Crippen LogP contribution in [0.2, 0.25) is 0 Å². The van der Waals surface area contributed by atoms with Crippen LogP contribution in [0.25, 0.3) is 0 Å². The lowest BCUT2D eigenvalue weighted by Gasteiger charge is -2.39. The number of nitrogens with two attached hydrogens (primary N) is 1. The topological polar surface area (TPSA) is 66.6 Å². The van der Waals surface area contributed by atoms with Crippen molar-refractivity contribution >= 4 is 11.8 Å². The molecule has 0 saturated carbocycles. The molecule has 0 atom stereocenters. The molecule has 5 heteroatoms. The van der Waals surface area contributed by atoms with Gasteiger partial charge in [-0.3, -0.25) is 9.59 Å². The number of piperidine rings is 1. The lowest BCUT2D eigenvalue weighted by molar-refractivity contribution is -0.146. The molecule has 5 nitrogen and oxygen atoms in total. The maximum atomic E-state index is 12.7. The van der Waals surface area contributed by atoms with Crippen LogP contribution in [-0.4, -0.2) is 55.3 Å². The van der Waals surface area contributed by atoms with Gasteiger partial charge < -0.3 is 15.5 Å². The molecule has 0 unspecified atom stereocenters. The van der Waals surface area contributed by atoms with Crippen LogP contribution >= 0.6 is 0 Å². The quantitative estimate of drug-likeness (QED) is 0.821. The highest BCUT2D eigenvalue weighted by Crippen LogP contribution is 2.30. The second-order valence-electron chi connectivity index (χ2n) is 5.99. The van der Waals surface area contributed by atoms with Gasteiger partial charge in [0.1, 0.15) is 0 Å². The zero-order valence-corrected chi connectivity index (χ0v) is 13.3. The first-order valence-corrected chi connectivity index (χ1v) is 7.62. The van der Waals surface area contributed by atoms with Crippen LogP contribution in [0.15, 0.2) is 0 Å². The van der Waals surface area contributed by atoms with E-state index in [-0.39, 0.29) is 17.7 Å². The Hall–Kier alpha value is -1.10. The van der Waals surface area contributed by atoms with E-state index in [1.54, 1.807) is 19.0 Å². The number of likely N-dealkylation sites (tertiary alicyclic amines) is 1. The van der Waals surface area contributed by atoms with E-state index in [9.17, 15) is 9.59 Å². The van der Waals surface area contributed by atoms with Gasteiger partial charge in [0, 0.05) is 39.6 Å². The van der Waals surface area contributed by atoms with E-state index in [0.717, 1.165) is 25.7 Å². The number of carbonyl (C=O) groups is 2. The van der Waals surface area contributed by atoms with Crippen molar-refractivity contribution in [2.75, 3.05) is 33.7 Å². The van der Waals surface area contributed by atoms with E-state index in [1.165, 1.54) is 0 Å². The zero-order valence-electron chi connectivity index (χ0n) is 13.3. The summed E-state index contributed by atoms with van der Waals surface area (Å²) in [7, 11) is 3.57. The lowest BCUT2D eigenvalue weighted by Crippen LogP contribution is -2.51. The standard InChI is InChI=1S/C15H29N3O2/c1-5-15(6-2,11-16)14(20)18-9-7-12(8-10-18)13(19)17(3)4/h12H,5-11,16H2,1-4H3. The normalized spacial score (nSPS) is 17.1. The SMILES string of the molecule is CCC(CC)(CN)C(=O)N1CCC(C(=O)N(C)C)CC1. The molecule has 1 rings (SSSR count). The first-order chi connectivity index (χ1) is 9.41. The Balaban J connectivity index is 2.65. The summed E-state index contributed by atoms with van der Waals surface area (Å²) in [5.41, 5.74) is 5.43. The molecular formula is C15H29N3O2. The molecule has 1 saturated heterocycles. The summed E-state index contributed by atoms with van der Waals surface area (Å²) in [4.78, 5) is 28.2. The molecule has 1 fully saturated rings. The van der Waals surface area contributed by atoms with Crippen molar-refractivity contribution in [3.8, 4) is 0 Å². The minimum atomic E-state index is -0.418. The number of carbonyl (C=O) groups excluding carboxylic acids is 2. The highest BCUT2D eigenvalue weighted by atomic mass is 16.2. The Morgan fingerprint density at radius 3 is 2.05 bits per heavy atom. The maximum Gasteiger partial charge on any atom is 0.230 e. The van der Waals surface area contributed by atoms with E-state index in [2.05, 4.69) is 0 Å². The third-order valence-electron chi connectivity index (χ3n) is 4.77. The molecule has 0 aromatic carbocycles. The Morgan fingerprint density at radius 2 is 1.70 bits per heavy atom. The predicted molar refractivity (Wildman–Crippen MR) is 80.1 cm³/mol. The van der Waals surface area contributed by atoms with E-state index >= 15 is 0 Å². The van der Waals surface area contributed by atoms with Crippen molar-refractivity contribution in [3.63, 3.8) is 0 Å². The van der Waals surface area contributed by atoms with Crippen molar-refractivity contribution in [3.05, 3.63) is 0 Å². The van der Waals surface area contributed by atoms with Crippen LogP contribution in [0.1, 0.15) is 39.5 Å². The number of nitrogens with zero attached hydrogens (tertiary/aromatic N) is 2. The molecule has 1 heterocycles. The van der Waals surface area contributed by atoms with Crippen molar-refractivity contribution < 1.29 is 9.59 Å². The second-order valence-corrected chi connectivity index (χ2v) is 5.99. The highest BCUT2D eigenvalue weighted by Gasteiger charge is 2.38. The first kappa shape index (κ1) is 17.0. The smallest absolute Gasteiger partial charge is 0.230 e. The Kier molecular flexibility index (Phi) is 5.99. The summed E-state index contributed by atoms with van der Waals surface area (Å²) < 4.78 is 0. The van der Waals surface area contributed by atoms with Crippen LogP contribution in [0.4, 0.5) is 0 Å². The van der Waals surface area contributed by atoms with Gasteiger partial charge in [0.15, 0.2) is 0 Å². The molecule has 1 aliphatic rings. The largest absolute Gasteiger partial charge is 0.349 e. The summed E-state index contributed by atoms with van der Waals surface area (Å²) in [6.45, 7) is 5.79. The number of hydrogen-bond donors (Lipinski definition) is 1. The van der Waals surface area contributed by atoms with Crippen molar-refractivity contribution in [2.45, 2.75) is 39.5 Å². The van der Waals surface area contributed by atoms with Gasteiger partial charge in [-0.25, -0.2) is 0 Å². The molecule has 0 radical (unpaired) electrons. The van der Waals surface area contributed by atoms with E-state index in [4.69, 9.17) is 5.73 Å². The van der Waals surface area contributed by atoms with E-state index in [1.807, 2.05) is 18.7 Å². The molecule has 0 aromatic heterocycles. The minimum absolute atomic E-state index is 0.0598. The van der Waals surface area contributed by atoms with Crippen LogP contribution in [0.5, 0.6) is 0 Å². The average molecular weight is 283 g/mol. The fourth-order valence-corrected chi connectivity index (χ4v) is 2.96. The fourth-order valence-electron chi connectivity index (χ4n) is 2.96. The summed E-state index contributed by atoms with van der Waals surface area (Å²) in [5, 5.41) is 0. The Labute approximate surface area is 122 Å². The third-order valence-corrected chi connectivity index (χ3v) is 4.77. The second kappa shape index (κ2) is 7.07. The van der Waals surface area contributed by atoms with Gasteiger partial charge in [-0.15, -0.1) is 0 Å². The Morgan fingerprint density at radius 1 is 1.20 bits per heavy atom. The summed E-state index contributed by atoms with van der Waals surface area (Å²) in [5.74, 6) is 0.401. The average Bonchev–Trinajstić information content (AvgIpc) is 2.48. The molecule has 2 N–H and O–H groups in total. The van der Waals surface area contributed by atoms with Crippen molar-refractivity contribution in [1.29, 1.82) is 0 Å². The van der Waals surface area contributed by atoms with Gasteiger partial charge in [0.25, 0.3) is 0 Å². The molecule has 0 aliphatic carbocycles. The van der Waals surface area contributed by atoms with Gasteiger partial charge in [-0.05, 0) is 25.7 Å². The van der Waals surface area contributed by atoms with Gasteiger partial charge in [-0.2, -0.15) is 0 Å². The predicted octanol–water partition coefficient (Wildman–Crippen LogP) is 1.08. The molecular weight excluding hydrogens is 254 g/mol. The maximum absolute atomic E-state index is 12.7. The monoisotopic (exact) mass is 283 g/mol. The number of amides is 2. The minimum Gasteiger partial charge on any atom is -0.349 e. The number of hydrogen-bond acceptors (Lipinski definition) is 3. The van der Waals surface area contributed by atoms with E-state index < -0.39 is 5.41 Å².